The Kier molecular flexibility index (Phi) is 10.5. The monoisotopic (exact) mass is 417 g/mol. The second-order valence-corrected chi connectivity index (χ2v) is 7.97. The fourth-order valence-electron chi connectivity index (χ4n) is 3.54. The highest BCUT2D eigenvalue weighted by atomic mass is 16.5. The van der Waals surface area contributed by atoms with Crippen LogP contribution in [0.4, 0.5) is 10.5 Å². The summed E-state index contributed by atoms with van der Waals surface area (Å²) in [6, 6.07) is 7.88. The van der Waals surface area contributed by atoms with E-state index in [0.29, 0.717) is 12.5 Å². The maximum absolute atomic E-state index is 12.3. The average Bonchev–Trinajstić information content (AvgIpc) is 3.26. The van der Waals surface area contributed by atoms with Gasteiger partial charge in [-0.1, -0.05) is 26.0 Å². The van der Waals surface area contributed by atoms with Gasteiger partial charge in [-0.15, -0.1) is 0 Å². The number of nitrogens with zero attached hydrogens (tertiary/aromatic N) is 2. The van der Waals surface area contributed by atoms with Crippen LogP contribution in [0.2, 0.25) is 0 Å². The number of carbonyl (C=O) groups is 1. The lowest BCUT2D eigenvalue weighted by molar-refractivity contribution is 0.0258. The van der Waals surface area contributed by atoms with Crippen LogP contribution in [0, 0.1) is 5.92 Å². The number of benzene rings is 1. The van der Waals surface area contributed by atoms with E-state index in [1.807, 2.05) is 36.1 Å². The minimum absolute atomic E-state index is 0.0165. The molecule has 1 aromatic rings. The van der Waals surface area contributed by atoms with Crippen LogP contribution in [0.3, 0.4) is 0 Å². The molecule has 1 atom stereocenters. The normalized spacial score (nSPS) is 15.4. The molecule has 0 bridgehead atoms. The van der Waals surface area contributed by atoms with Gasteiger partial charge in [-0.3, -0.25) is 0 Å². The number of guanidine groups is 1. The second kappa shape index (κ2) is 13.1. The van der Waals surface area contributed by atoms with Gasteiger partial charge in [0.2, 0.25) is 0 Å². The van der Waals surface area contributed by atoms with E-state index in [2.05, 4.69) is 36.7 Å². The van der Waals surface area contributed by atoms with Gasteiger partial charge in [0.15, 0.2) is 5.96 Å². The number of amides is 2. The Morgan fingerprint density at radius 1 is 1.20 bits per heavy atom. The maximum atomic E-state index is 12.3. The van der Waals surface area contributed by atoms with Crippen molar-refractivity contribution >= 4 is 17.7 Å². The highest BCUT2D eigenvalue weighted by Crippen LogP contribution is 2.15. The van der Waals surface area contributed by atoms with E-state index in [9.17, 15) is 4.79 Å². The molecule has 7 heteroatoms. The quantitative estimate of drug-likeness (QED) is 0.399. The molecule has 168 valence electrons. The number of ether oxygens (including phenoxy) is 1. The van der Waals surface area contributed by atoms with Crippen LogP contribution in [0.15, 0.2) is 29.3 Å². The zero-order valence-corrected chi connectivity index (χ0v) is 19.0. The van der Waals surface area contributed by atoms with Crippen LogP contribution >= 0.6 is 0 Å². The Hall–Kier alpha value is -2.28. The minimum Gasteiger partial charge on any atom is -0.378 e. The lowest BCUT2D eigenvalue weighted by atomic mass is 10.0. The summed E-state index contributed by atoms with van der Waals surface area (Å²) in [5, 5.41) is 9.69. The summed E-state index contributed by atoms with van der Waals surface area (Å²) in [6.07, 6.45) is 3.37. The summed E-state index contributed by atoms with van der Waals surface area (Å²) in [5.41, 5.74) is 1.87. The molecule has 1 unspecified atom stereocenters. The van der Waals surface area contributed by atoms with Crippen LogP contribution in [0.1, 0.15) is 52.5 Å². The van der Waals surface area contributed by atoms with Gasteiger partial charge in [-0.2, -0.15) is 0 Å². The molecule has 1 fully saturated rings. The fourth-order valence-corrected chi connectivity index (χ4v) is 3.54. The van der Waals surface area contributed by atoms with Gasteiger partial charge >= 0.3 is 6.03 Å². The van der Waals surface area contributed by atoms with Crippen molar-refractivity contribution in [2.75, 3.05) is 38.1 Å². The summed E-state index contributed by atoms with van der Waals surface area (Å²) in [5.74, 6) is 1.28. The Morgan fingerprint density at radius 3 is 2.63 bits per heavy atom. The van der Waals surface area contributed by atoms with Crippen molar-refractivity contribution in [1.29, 1.82) is 0 Å². The molecule has 0 spiro atoms. The number of urea groups is 1. The third-order valence-corrected chi connectivity index (χ3v) is 5.18. The molecule has 1 aromatic carbocycles. The average molecular weight is 418 g/mol. The Labute approximate surface area is 181 Å². The van der Waals surface area contributed by atoms with Crippen LogP contribution in [-0.4, -0.2) is 55.8 Å². The summed E-state index contributed by atoms with van der Waals surface area (Å²) < 4.78 is 5.82. The van der Waals surface area contributed by atoms with Crippen LogP contribution < -0.4 is 16.0 Å². The van der Waals surface area contributed by atoms with E-state index in [1.165, 1.54) is 0 Å². The fraction of sp³-hybridized carbons (Fsp3) is 0.652. The zero-order chi connectivity index (χ0) is 21.8. The predicted molar refractivity (Wildman–Crippen MR) is 124 cm³/mol. The van der Waals surface area contributed by atoms with E-state index < -0.39 is 0 Å². The highest BCUT2D eigenvalue weighted by molar-refractivity contribution is 5.89. The van der Waals surface area contributed by atoms with Crippen LogP contribution in [0.25, 0.3) is 0 Å². The first-order valence-electron chi connectivity index (χ1n) is 11.3. The standard InChI is InChI=1S/C23H39N5O2/c1-5-24-22(25-13-12-21(18(3)4)30-6-2)26-17-19-10-9-11-20(16-19)27-23(29)28-14-7-8-15-28/h9-11,16,18,21H,5-8,12-15,17H2,1-4H3,(H,27,29)(H2,24,25,26). The van der Waals surface area contributed by atoms with Crippen LogP contribution in [-0.2, 0) is 11.3 Å². The Bertz CT molecular complexity index is 671. The molecule has 1 aliphatic rings. The van der Waals surface area contributed by atoms with Gasteiger partial charge in [0.1, 0.15) is 0 Å². The number of rotatable bonds is 10. The number of carbonyl (C=O) groups excluding carboxylic acids is 1. The van der Waals surface area contributed by atoms with E-state index >= 15 is 0 Å². The molecule has 3 N–H and O–H groups in total. The second-order valence-electron chi connectivity index (χ2n) is 7.97. The van der Waals surface area contributed by atoms with Crippen LogP contribution in [0.5, 0.6) is 0 Å². The molecular formula is C23H39N5O2. The molecule has 1 heterocycles. The molecule has 1 aliphatic heterocycles. The summed E-state index contributed by atoms with van der Waals surface area (Å²) >= 11 is 0. The molecule has 2 rings (SSSR count). The topological polar surface area (TPSA) is 78.0 Å². The molecular weight excluding hydrogens is 378 g/mol. The molecule has 0 saturated carbocycles. The van der Waals surface area contributed by atoms with E-state index in [-0.39, 0.29) is 12.1 Å². The van der Waals surface area contributed by atoms with E-state index in [1.54, 1.807) is 0 Å². The van der Waals surface area contributed by atoms with E-state index in [0.717, 1.165) is 69.3 Å². The third kappa shape index (κ3) is 8.22. The largest absolute Gasteiger partial charge is 0.378 e. The molecule has 2 amide bonds. The minimum atomic E-state index is -0.0165. The highest BCUT2D eigenvalue weighted by Gasteiger charge is 2.17. The number of aliphatic imine (C=N–C) groups is 1. The van der Waals surface area contributed by atoms with Gasteiger partial charge in [-0.25, -0.2) is 9.79 Å². The Morgan fingerprint density at radius 2 is 1.97 bits per heavy atom. The smallest absolute Gasteiger partial charge is 0.321 e. The molecule has 0 aromatic heterocycles. The SMILES string of the molecule is CCNC(=NCc1cccc(NC(=O)N2CCCC2)c1)NCCC(OCC)C(C)C. The van der Waals surface area contributed by atoms with Crippen molar-refractivity contribution in [3.05, 3.63) is 29.8 Å². The zero-order valence-electron chi connectivity index (χ0n) is 19.0. The van der Waals surface area contributed by atoms with Gasteiger partial charge in [0.25, 0.3) is 0 Å². The number of nitrogens with one attached hydrogen (secondary N) is 3. The van der Waals surface area contributed by atoms with Gasteiger partial charge in [0, 0.05) is 38.5 Å². The third-order valence-electron chi connectivity index (χ3n) is 5.18. The molecule has 30 heavy (non-hydrogen) atoms. The molecule has 0 aliphatic carbocycles. The van der Waals surface area contributed by atoms with Crippen molar-refractivity contribution in [2.24, 2.45) is 10.9 Å². The summed E-state index contributed by atoms with van der Waals surface area (Å²) in [6.45, 7) is 13.0. The predicted octanol–water partition coefficient (Wildman–Crippen LogP) is 3.82. The lowest BCUT2D eigenvalue weighted by Gasteiger charge is -2.21. The summed E-state index contributed by atoms with van der Waals surface area (Å²) in [4.78, 5) is 18.9. The van der Waals surface area contributed by atoms with Crippen molar-refractivity contribution in [3.63, 3.8) is 0 Å². The molecule has 0 radical (unpaired) electrons. The maximum Gasteiger partial charge on any atom is 0.321 e. The molecule has 7 nitrogen and oxygen atoms in total. The van der Waals surface area contributed by atoms with Crippen molar-refractivity contribution in [2.45, 2.75) is 59.6 Å². The first-order chi connectivity index (χ1) is 14.5. The molecule has 1 saturated heterocycles. The number of anilines is 1. The van der Waals surface area contributed by atoms with Gasteiger partial charge < -0.3 is 25.6 Å². The van der Waals surface area contributed by atoms with E-state index in [4.69, 9.17) is 9.73 Å². The first-order valence-corrected chi connectivity index (χ1v) is 11.3. The van der Waals surface area contributed by atoms with Crippen molar-refractivity contribution < 1.29 is 9.53 Å². The first kappa shape index (κ1) is 24.0. The Balaban J connectivity index is 1.89. The number of hydrogen-bond acceptors (Lipinski definition) is 3. The number of hydrogen-bond donors (Lipinski definition) is 3. The van der Waals surface area contributed by atoms with Gasteiger partial charge in [0.05, 0.1) is 12.6 Å². The lowest BCUT2D eigenvalue weighted by Crippen LogP contribution is -2.39. The van der Waals surface area contributed by atoms with Crippen molar-refractivity contribution in [3.8, 4) is 0 Å². The van der Waals surface area contributed by atoms with Gasteiger partial charge in [-0.05, 0) is 56.7 Å². The number of likely N-dealkylation sites (tertiary alicyclic amines) is 1. The summed E-state index contributed by atoms with van der Waals surface area (Å²) in [7, 11) is 0. The van der Waals surface area contributed by atoms with Crippen molar-refractivity contribution in [1.82, 2.24) is 15.5 Å².